The lowest BCUT2D eigenvalue weighted by Crippen LogP contribution is -2.10. The topological polar surface area (TPSA) is 118 Å². The number of hydrogen-bond acceptors (Lipinski definition) is 7. The zero-order chi connectivity index (χ0) is 16.1. The number of nitrogens with zero attached hydrogens (tertiary/aromatic N) is 1. The predicted octanol–water partition coefficient (Wildman–Crippen LogP) is 2.06. The first-order valence-electron chi connectivity index (χ1n) is 6.37. The van der Waals surface area contributed by atoms with Gasteiger partial charge in [0.25, 0.3) is 0 Å². The van der Waals surface area contributed by atoms with E-state index in [0.717, 1.165) is 11.3 Å². The normalized spacial score (nSPS) is 10.0. The Morgan fingerprint density at radius 3 is 2.77 bits per heavy atom. The molecular formula is C14H13N3O4S. The number of ether oxygens (including phenoxy) is 2. The molecule has 0 saturated heterocycles. The molecule has 0 radical (unpaired) electrons. The van der Waals surface area contributed by atoms with Crippen LogP contribution in [0.1, 0.15) is 38.2 Å². The van der Waals surface area contributed by atoms with Gasteiger partial charge in [0, 0.05) is 11.8 Å². The van der Waals surface area contributed by atoms with E-state index in [1.165, 1.54) is 0 Å². The highest BCUT2D eigenvalue weighted by Gasteiger charge is 2.24. The van der Waals surface area contributed by atoms with Crippen molar-refractivity contribution in [3.63, 3.8) is 0 Å². The van der Waals surface area contributed by atoms with Gasteiger partial charge in [0.15, 0.2) is 0 Å². The van der Waals surface area contributed by atoms with Crippen molar-refractivity contribution >= 4 is 28.3 Å². The Morgan fingerprint density at radius 1 is 1.41 bits per heavy atom. The van der Waals surface area contributed by atoms with Gasteiger partial charge in [-0.05, 0) is 19.1 Å². The summed E-state index contributed by atoms with van der Waals surface area (Å²) in [6.07, 6.45) is 1.59. The molecule has 0 fully saturated rings. The summed E-state index contributed by atoms with van der Waals surface area (Å²) in [6, 6.07) is 5.13. The molecule has 8 heteroatoms. The molecule has 0 unspecified atom stereocenters. The summed E-state index contributed by atoms with van der Waals surface area (Å²) < 4.78 is 10.0. The summed E-state index contributed by atoms with van der Waals surface area (Å²) in [5, 5.41) is 9.34. The fraction of sp³-hybridized carbons (Fsp3) is 0.214. The number of thiophene rings is 1. The van der Waals surface area contributed by atoms with Crippen molar-refractivity contribution in [3.8, 4) is 6.07 Å². The van der Waals surface area contributed by atoms with Gasteiger partial charge in [0.05, 0.1) is 12.2 Å². The Bertz CT molecular complexity index is 728. The average Bonchev–Trinajstić information content (AvgIpc) is 3.12. The molecule has 3 N–H and O–H groups in total. The Morgan fingerprint density at radius 2 is 2.18 bits per heavy atom. The van der Waals surface area contributed by atoms with Crippen molar-refractivity contribution < 1.29 is 19.1 Å². The summed E-state index contributed by atoms with van der Waals surface area (Å²) in [4.78, 5) is 26.6. The lowest BCUT2D eigenvalue weighted by molar-refractivity contribution is 0.0448. The third-order valence-corrected chi connectivity index (χ3v) is 3.81. The number of nitrogen functional groups attached to an aromatic ring is 1. The maximum absolute atomic E-state index is 11.9. The molecule has 0 aliphatic rings. The van der Waals surface area contributed by atoms with Gasteiger partial charge in [-0.15, -0.1) is 11.3 Å². The van der Waals surface area contributed by atoms with Crippen molar-refractivity contribution in [3.05, 3.63) is 40.0 Å². The van der Waals surface area contributed by atoms with Crippen LogP contribution in [0.2, 0.25) is 0 Å². The summed E-state index contributed by atoms with van der Waals surface area (Å²) in [5.41, 5.74) is 6.41. The molecule has 0 saturated carbocycles. The monoisotopic (exact) mass is 319 g/mol. The van der Waals surface area contributed by atoms with Gasteiger partial charge in [-0.2, -0.15) is 5.26 Å². The SMILES string of the molecule is CCOC(=O)c1sc(N)c(C#N)c1COC(=O)c1ccc[nH]1. The molecule has 0 amide bonds. The number of aromatic amines is 1. The van der Waals surface area contributed by atoms with Gasteiger partial charge in [-0.3, -0.25) is 0 Å². The minimum Gasteiger partial charge on any atom is -0.462 e. The van der Waals surface area contributed by atoms with Crippen LogP contribution in [0.3, 0.4) is 0 Å². The lowest BCUT2D eigenvalue weighted by Gasteiger charge is -2.05. The molecule has 0 bridgehead atoms. The van der Waals surface area contributed by atoms with Crippen molar-refractivity contribution in [1.82, 2.24) is 4.98 Å². The molecule has 0 spiro atoms. The number of nitrogens with two attached hydrogens (primary N) is 1. The molecule has 0 aliphatic heterocycles. The molecule has 2 aromatic heterocycles. The van der Waals surface area contributed by atoms with Gasteiger partial charge in [-0.1, -0.05) is 0 Å². The first-order chi connectivity index (χ1) is 10.6. The molecule has 2 rings (SSSR count). The Labute approximate surface area is 130 Å². The highest BCUT2D eigenvalue weighted by Crippen LogP contribution is 2.31. The quantitative estimate of drug-likeness (QED) is 0.814. The van der Waals surface area contributed by atoms with Crippen molar-refractivity contribution in [2.75, 3.05) is 12.3 Å². The number of nitriles is 1. The molecule has 0 atom stereocenters. The zero-order valence-corrected chi connectivity index (χ0v) is 12.5. The van der Waals surface area contributed by atoms with Crippen LogP contribution in [-0.4, -0.2) is 23.5 Å². The van der Waals surface area contributed by atoms with Crippen LogP contribution in [-0.2, 0) is 16.1 Å². The standard InChI is InChI=1S/C14H13N3O4S/c1-2-20-14(19)11-9(8(6-15)12(16)22-11)7-21-13(18)10-4-3-5-17-10/h3-5,17H,2,7,16H2,1H3. The number of anilines is 1. The van der Waals surface area contributed by atoms with E-state index in [0.29, 0.717) is 0 Å². The van der Waals surface area contributed by atoms with Crippen LogP contribution in [0, 0.1) is 11.3 Å². The van der Waals surface area contributed by atoms with E-state index >= 15 is 0 Å². The fourth-order valence-corrected chi connectivity index (χ4v) is 2.70. The summed E-state index contributed by atoms with van der Waals surface area (Å²) in [5.74, 6) is -1.18. The molecular weight excluding hydrogens is 306 g/mol. The maximum Gasteiger partial charge on any atom is 0.355 e. The van der Waals surface area contributed by atoms with E-state index in [9.17, 15) is 9.59 Å². The van der Waals surface area contributed by atoms with Crippen LogP contribution in [0.5, 0.6) is 0 Å². The van der Waals surface area contributed by atoms with E-state index in [1.807, 2.05) is 6.07 Å². The van der Waals surface area contributed by atoms with Crippen LogP contribution in [0.15, 0.2) is 18.3 Å². The van der Waals surface area contributed by atoms with Crippen molar-refractivity contribution in [2.24, 2.45) is 0 Å². The number of esters is 2. The van der Waals surface area contributed by atoms with E-state index in [1.54, 1.807) is 25.3 Å². The molecule has 2 heterocycles. The van der Waals surface area contributed by atoms with Crippen LogP contribution >= 0.6 is 11.3 Å². The second-order valence-electron chi connectivity index (χ2n) is 4.14. The van der Waals surface area contributed by atoms with Crippen LogP contribution in [0.25, 0.3) is 0 Å². The number of carbonyl (C=O) groups excluding carboxylic acids is 2. The fourth-order valence-electron chi connectivity index (χ4n) is 1.78. The minimum absolute atomic E-state index is 0.132. The maximum atomic E-state index is 11.9. The lowest BCUT2D eigenvalue weighted by atomic mass is 10.1. The number of rotatable bonds is 5. The van der Waals surface area contributed by atoms with E-state index in [4.69, 9.17) is 20.5 Å². The highest BCUT2D eigenvalue weighted by atomic mass is 32.1. The number of hydrogen-bond donors (Lipinski definition) is 2. The van der Waals surface area contributed by atoms with Gasteiger partial charge in [0.2, 0.25) is 0 Å². The average molecular weight is 319 g/mol. The second-order valence-corrected chi connectivity index (χ2v) is 5.19. The first kappa shape index (κ1) is 15.6. The van der Waals surface area contributed by atoms with Crippen molar-refractivity contribution in [2.45, 2.75) is 13.5 Å². The second kappa shape index (κ2) is 6.78. The molecule has 2 aromatic rings. The molecule has 22 heavy (non-hydrogen) atoms. The Hall–Kier alpha value is -2.79. The Balaban J connectivity index is 2.23. The predicted molar refractivity (Wildman–Crippen MR) is 79.3 cm³/mol. The van der Waals surface area contributed by atoms with E-state index in [-0.39, 0.29) is 39.9 Å². The number of carbonyl (C=O) groups is 2. The molecule has 0 aliphatic carbocycles. The van der Waals surface area contributed by atoms with Gasteiger partial charge >= 0.3 is 11.9 Å². The third-order valence-electron chi connectivity index (χ3n) is 2.77. The summed E-state index contributed by atoms with van der Waals surface area (Å²) in [6.45, 7) is 1.63. The van der Waals surface area contributed by atoms with Gasteiger partial charge in [-0.25, -0.2) is 9.59 Å². The third kappa shape index (κ3) is 3.10. The first-order valence-corrected chi connectivity index (χ1v) is 7.19. The smallest absolute Gasteiger partial charge is 0.355 e. The Kier molecular flexibility index (Phi) is 4.80. The number of nitrogens with one attached hydrogen (secondary N) is 1. The zero-order valence-electron chi connectivity index (χ0n) is 11.7. The number of H-pyrrole nitrogens is 1. The summed E-state index contributed by atoms with van der Waals surface area (Å²) >= 11 is 0.944. The van der Waals surface area contributed by atoms with Crippen LogP contribution < -0.4 is 5.73 Å². The van der Waals surface area contributed by atoms with E-state index in [2.05, 4.69) is 4.98 Å². The number of aromatic nitrogens is 1. The largest absolute Gasteiger partial charge is 0.462 e. The van der Waals surface area contributed by atoms with Crippen LogP contribution in [0.4, 0.5) is 5.00 Å². The summed E-state index contributed by atoms with van der Waals surface area (Å²) in [7, 11) is 0. The van der Waals surface area contributed by atoms with Gasteiger partial charge < -0.3 is 20.2 Å². The highest BCUT2D eigenvalue weighted by molar-refractivity contribution is 7.18. The molecule has 114 valence electrons. The minimum atomic E-state index is -0.591. The van der Waals surface area contributed by atoms with Crippen molar-refractivity contribution in [1.29, 1.82) is 5.26 Å². The van der Waals surface area contributed by atoms with Gasteiger partial charge in [0.1, 0.15) is 28.2 Å². The molecule has 0 aromatic carbocycles. The molecule has 7 nitrogen and oxygen atoms in total. The van der Waals surface area contributed by atoms with E-state index < -0.39 is 11.9 Å².